The van der Waals surface area contributed by atoms with Gasteiger partial charge in [-0.3, -0.25) is 13.9 Å². The molecule has 0 amide bonds. The summed E-state index contributed by atoms with van der Waals surface area (Å²) in [5.74, 6) is 0.947. The Morgan fingerprint density at radius 1 is 0.931 bits per heavy atom. The second kappa shape index (κ2) is 8.96. The summed E-state index contributed by atoms with van der Waals surface area (Å²) in [5, 5.41) is 0.433. The van der Waals surface area contributed by atoms with Crippen LogP contribution in [0.5, 0.6) is 11.5 Å². The number of rotatable bonds is 8. The fourth-order valence-corrected chi connectivity index (χ4v) is 3.41. The first kappa shape index (κ1) is 20.7. The summed E-state index contributed by atoms with van der Waals surface area (Å²) in [6.45, 7) is 1.55. The molecule has 0 aliphatic heterocycles. The summed E-state index contributed by atoms with van der Waals surface area (Å²) in [7, 11) is 7.05. The zero-order valence-electron chi connectivity index (χ0n) is 17.3. The van der Waals surface area contributed by atoms with Gasteiger partial charge in [0.05, 0.1) is 31.7 Å². The summed E-state index contributed by atoms with van der Waals surface area (Å²) in [6, 6.07) is 12.9. The Morgan fingerprint density at radius 3 is 2.21 bits per heavy atom. The van der Waals surface area contributed by atoms with E-state index >= 15 is 0 Å². The molecule has 0 bridgehead atoms. The van der Waals surface area contributed by atoms with Crippen molar-refractivity contribution >= 4 is 10.9 Å². The number of aromatic nitrogens is 2. The smallest absolute Gasteiger partial charge is 0.331 e. The highest BCUT2D eigenvalue weighted by molar-refractivity contribution is 5.82. The lowest BCUT2D eigenvalue weighted by molar-refractivity contribution is 0.355. The Labute approximate surface area is 169 Å². The quantitative estimate of drug-likeness (QED) is 0.583. The van der Waals surface area contributed by atoms with Gasteiger partial charge in [-0.05, 0) is 38.7 Å². The van der Waals surface area contributed by atoms with E-state index in [0.717, 1.165) is 18.5 Å². The number of ether oxygens (including phenoxy) is 2. The van der Waals surface area contributed by atoms with Crippen molar-refractivity contribution in [2.24, 2.45) is 0 Å². The molecule has 0 saturated heterocycles. The average Bonchev–Trinajstić information content (AvgIpc) is 2.73. The molecular formula is C22H27N3O4. The highest BCUT2D eigenvalue weighted by Crippen LogP contribution is 2.30. The summed E-state index contributed by atoms with van der Waals surface area (Å²) >= 11 is 0. The molecule has 0 N–H and O–H groups in total. The van der Waals surface area contributed by atoms with E-state index in [0.29, 0.717) is 28.9 Å². The molecule has 0 unspecified atom stereocenters. The molecule has 29 heavy (non-hydrogen) atoms. The van der Waals surface area contributed by atoms with Crippen LogP contribution in [0.2, 0.25) is 0 Å². The third kappa shape index (κ3) is 4.35. The number of aryl methyl sites for hydroxylation is 1. The van der Waals surface area contributed by atoms with E-state index in [9.17, 15) is 9.59 Å². The molecule has 7 heteroatoms. The first-order valence-electron chi connectivity index (χ1n) is 9.54. The molecule has 7 nitrogen and oxygen atoms in total. The van der Waals surface area contributed by atoms with Gasteiger partial charge in [0.2, 0.25) is 0 Å². The lowest BCUT2D eigenvalue weighted by Gasteiger charge is -2.17. The van der Waals surface area contributed by atoms with Gasteiger partial charge in [0.25, 0.3) is 5.56 Å². The summed E-state index contributed by atoms with van der Waals surface area (Å²) in [6.07, 6.45) is 0.778. The monoisotopic (exact) mass is 397 g/mol. The van der Waals surface area contributed by atoms with Crippen LogP contribution in [-0.2, 0) is 13.1 Å². The van der Waals surface area contributed by atoms with Crippen LogP contribution < -0.4 is 20.7 Å². The van der Waals surface area contributed by atoms with Gasteiger partial charge < -0.3 is 14.4 Å². The number of benzene rings is 2. The van der Waals surface area contributed by atoms with Crippen molar-refractivity contribution in [3.8, 4) is 11.5 Å². The van der Waals surface area contributed by atoms with E-state index < -0.39 is 0 Å². The van der Waals surface area contributed by atoms with Crippen LogP contribution in [0.1, 0.15) is 12.0 Å². The van der Waals surface area contributed by atoms with E-state index in [2.05, 4.69) is 4.90 Å². The van der Waals surface area contributed by atoms with E-state index in [-0.39, 0.29) is 17.8 Å². The van der Waals surface area contributed by atoms with Crippen molar-refractivity contribution in [2.75, 3.05) is 34.9 Å². The molecule has 154 valence electrons. The molecule has 3 aromatic rings. The third-order valence-electron chi connectivity index (χ3n) is 4.90. The maximum absolute atomic E-state index is 13.3. The Hall–Kier alpha value is -3.06. The van der Waals surface area contributed by atoms with Crippen molar-refractivity contribution in [1.82, 2.24) is 14.0 Å². The molecule has 0 fully saturated rings. The van der Waals surface area contributed by atoms with E-state index in [1.807, 2.05) is 44.4 Å². The normalized spacial score (nSPS) is 11.2. The Balaban J connectivity index is 2.22. The van der Waals surface area contributed by atoms with Crippen molar-refractivity contribution in [2.45, 2.75) is 19.5 Å². The molecule has 0 aliphatic carbocycles. The third-order valence-corrected chi connectivity index (χ3v) is 4.90. The zero-order chi connectivity index (χ0) is 21.0. The Morgan fingerprint density at radius 2 is 1.59 bits per heavy atom. The van der Waals surface area contributed by atoms with Crippen LogP contribution in [-0.4, -0.2) is 48.9 Å². The van der Waals surface area contributed by atoms with Crippen LogP contribution in [0.15, 0.2) is 52.1 Å². The standard InChI is InChI=1S/C22H27N3O4/c1-23(2)11-8-12-24-18-14-20(29-4)19(28-3)13-17(18)21(26)25(22(24)27)15-16-9-6-5-7-10-16/h5-7,9-10,13-14H,8,11-12,15H2,1-4H3. The largest absolute Gasteiger partial charge is 0.493 e. The average molecular weight is 397 g/mol. The van der Waals surface area contributed by atoms with Crippen LogP contribution in [0.3, 0.4) is 0 Å². The summed E-state index contributed by atoms with van der Waals surface area (Å²) in [5.41, 5.74) is 0.795. The molecule has 0 atom stereocenters. The summed E-state index contributed by atoms with van der Waals surface area (Å²) < 4.78 is 13.7. The van der Waals surface area contributed by atoms with Gasteiger partial charge in [0, 0.05) is 12.6 Å². The highest BCUT2D eigenvalue weighted by atomic mass is 16.5. The van der Waals surface area contributed by atoms with Crippen molar-refractivity contribution in [3.63, 3.8) is 0 Å². The van der Waals surface area contributed by atoms with E-state index in [4.69, 9.17) is 9.47 Å². The SMILES string of the molecule is COc1cc2c(=O)n(Cc3ccccc3)c(=O)n(CCCN(C)C)c2cc1OC. The maximum Gasteiger partial charge on any atom is 0.331 e. The number of methoxy groups -OCH3 is 2. The van der Waals surface area contributed by atoms with Gasteiger partial charge in [0.1, 0.15) is 0 Å². The van der Waals surface area contributed by atoms with Crippen LogP contribution in [0, 0.1) is 0 Å². The fraction of sp³-hybridized carbons (Fsp3) is 0.364. The molecule has 0 aliphatic rings. The number of hydrogen-bond donors (Lipinski definition) is 0. The predicted octanol–water partition coefficient (Wildman–Crippen LogP) is 2.18. The number of fused-ring (bicyclic) bond motifs is 1. The molecule has 0 radical (unpaired) electrons. The topological polar surface area (TPSA) is 65.7 Å². The summed E-state index contributed by atoms with van der Waals surface area (Å²) in [4.78, 5) is 28.5. The molecule has 0 saturated carbocycles. The minimum atomic E-state index is -0.335. The molecule has 3 rings (SSSR count). The second-order valence-corrected chi connectivity index (χ2v) is 7.19. The van der Waals surface area contributed by atoms with Gasteiger partial charge in [-0.25, -0.2) is 4.79 Å². The van der Waals surface area contributed by atoms with Gasteiger partial charge in [0.15, 0.2) is 11.5 Å². The number of nitrogens with zero attached hydrogens (tertiary/aromatic N) is 3. The van der Waals surface area contributed by atoms with Crippen molar-refractivity contribution in [1.29, 1.82) is 0 Å². The second-order valence-electron chi connectivity index (χ2n) is 7.19. The van der Waals surface area contributed by atoms with Gasteiger partial charge >= 0.3 is 5.69 Å². The predicted molar refractivity (Wildman–Crippen MR) is 114 cm³/mol. The highest BCUT2D eigenvalue weighted by Gasteiger charge is 2.17. The first-order valence-corrected chi connectivity index (χ1v) is 9.54. The van der Waals surface area contributed by atoms with Gasteiger partial charge in [-0.2, -0.15) is 0 Å². The Bertz CT molecular complexity index is 1100. The van der Waals surface area contributed by atoms with Gasteiger partial charge in [-0.15, -0.1) is 0 Å². The zero-order valence-corrected chi connectivity index (χ0v) is 17.3. The van der Waals surface area contributed by atoms with Crippen molar-refractivity contribution < 1.29 is 9.47 Å². The molecule has 0 spiro atoms. The molecular weight excluding hydrogens is 370 g/mol. The van der Waals surface area contributed by atoms with Crippen LogP contribution in [0.25, 0.3) is 10.9 Å². The van der Waals surface area contributed by atoms with Crippen molar-refractivity contribution in [3.05, 3.63) is 68.9 Å². The Kier molecular flexibility index (Phi) is 6.39. The molecule has 1 heterocycles. The van der Waals surface area contributed by atoms with E-state index in [1.165, 1.54) is 18.8 Å². The maximum atomic E-state index is 13.3. The number of hydrogen-bond acceptors (Lipinski definition) is 5. The van der Waals surface area contributed by atoms with Crippen LogP contribution >= 0.6 is 0 Å². The molecule has 1 aromatic heterocycles. The first-order chi connectivity index (χ1) is 14.0. The van der Waals surface area contributed by atoms with E-state index in [1.54, 1.807) is 16.7 Å². The fourth-order valence-electron chi connectivity index (χ4n) is 3.41. The van der Waals surface area contributed by atoms with Crippen LogP contribution in [0.4, 0.5) is 0 Å². The lowest BCUT2D eigenvalue weighted by atomic mass is 10.2. The minimum Gasteiger partial charge on any atom is -0.493 e. The van der Waals surface area contributed by atoms with Gasteiger partial charge in [-0.1, -0.05) is 30.3 Å². The molecule has 2 aromatic carbocycles. The minimum absolute atomic E-state index is 0.219. The lowest BCUT2D eigenvalue weighted by Crippen LogP contribution is -2.40.